The quantitative estimate of drug-likeness (QED) is 0.882. The van der Waals surface area contributed by atoms with Gasteiger partial charge in [0.15, 0.2) is 0 Å². The Morgan fingerprint density at radius 1 is 1.26 bits per heavy atom. The van der Waals surface area contributed by atoms with Crippen molar-refractivity contribution in [3.05, 3.63) is 33.5 Å². The lowest BCUT2D eigenvalue weighted by Gasteiger charge is -2.24. The molecule has 124 valence electrons. The SMILES string of the molecule is CC(C)(c1ccc(C(=O)O)s1)c1nnc(C2CC2)n1C1CC1.Cl. The zero-order valence-electron chi connectivity index (χ0n) is 13.2. The molecule has 0 saturated heterocycles. The van der Waals surface area contributed by atoms with Crippen molar-refractivity contribution >= 4 is 29.7 Å². The van der Waals surface area contributed by atoms with E-state index in [1.165, 1.54) is 37.0 Å². The number of rotatable bonds is 5. The molecule has 2 aliphatic carbocycles. The van der Waals surface area contributed by atoms with Gasteiger partial charge in [-0.2, -0.15) is 0 Å². The molecule has 0 radical (unpaired) electrons. The van der Waals surface area contributed by atoms with E-state index in [4.69, 9.17) is 5.11 Å². The van der Waals surface area contributed by atoms with Gasteiger partial charge in [-0.05, 0) is 51.7 Å². The van der Waals surface area contributed by atoms with Gasteiger partial charge in [0, 0.05) is 16.8 Å². The van der Waals surface area contributed by atoms with Crippen LogP contribution in [0.1, 0.15) is 77.7 Å². The van der Waals surface area contributed by atoms with Gasteiger partial charge in [0.1, 0.15) is 16.5 Å². The van der Waals surface area contributed by atoms with Crippen molar-refractivity contribution in [1.82, 2.24) is 14.8 Å². The van der Waals surface area contributed by atoms with E-state index in [0.29, 0.717) is 16.8 Å². The van der Waals surface area contributed by atoms with Gasteiger partial charge in [-0.3, -0.25) is 0 Å². The Morgan fingerprint density at radius 2 is 1.96 bits per heavy atom. The van der Waals surface area contributed by atoms with Crippen molar-refractivity contribution in [1.29, 1.82) is 0 Å². The van der Waals surface area contributed by atoms with E-state index in [1.807, 2.05) is 6.07 Å². The second-order valence-corrected chi connectivity index (χ2v) is 7.94. The number of hydrogen-bond acceptors (Lipinski definition) is 4. The summed E-state index contributed by atoms with van der Waals surface area (Å²) in [6.07, 6.45) is 4.83. The Labute approximate surface area is 145 Å². The van der Waals surface area contributed by atoms with Gasteiger partial charge in [0.25, 0.3) is 0 Å². The molecule has 2 aromatic heterocycles. The summed E-state index contributed by atoms with van der Waals surface area (Å²) < 4.78 is 2.35. The smallest absolute Gasteiger partial charge is 0.345 e. The summed E-state index contributed by atoms with van der Waals surface area (Å²) in [7, 11) is 0. The number of carbonyl (C=O) groups is 1. The monoisotopic (exact) mass is 353 g/mol. The fraction of sp³-hybridized carbons (Fsp3) is 0.562. The number of carboxylic acids is 1. The molecule has 0 spiro atoms. The van der Waals surface area contributed by atoms with Crippen LogP contribution in [0.15, 0.2) is 12.1 Å². The zero-order chi connectivity index (χ0) is 15.5. The average Bonchev–Trinajstić information content (AvgIpc) is 3.40. The second kappa shape index (κ2) is 5.60. The highest BCUT2D eigenvalue weighted by Crippen LogP contribution is 2.47. The Balaban J connectivity index is 0.00000156. The van der Waals surface area contributed by atoms with E-state index < -0.39 is 5.97 Å². The highest BCUT2D eigenvalue weighted by Gasteiger charge is 2.41. The van der Waals surface area contributed by atoms with E-state index in [9.17, 15) is 4.79 Å². The second-order valence-electron chi connectivity index (χ2n) is 6.85. The summed E-state index contributed by atoms with van der Waals surface area (Å²) in [5.74, 6) is 1.83. The molecular weight excluding hydrogens is 334 g/mol. The van der Waals surface area contributed by atoms with E-state index in [1.54, 1.807) is 6.07 Å². The van der Waals surface area contributed by atoms with Crippen LogP contribution in [0, 0.1) is 0 Å². The van der Waals surface area contributed by atoms with Gasteiger partial charge in [-0.25, -0.2) is 4.79 Å². The molecule has 2 heterocycles. The zero-order valence-corrected chi connectivity index (χ0v) is 14.8. The molecule has 0 atom stereocenters. The molecule has 7 heteroatoms. The predicted octanol–water partition coefficient (Wildman–Crippen LogP) is 4.00. The van der Waals surface area contributed by atoms with Crippen LogP contribution >= 0.6 is 23.7 Å². The molecule has 2 aromatic rings. The van der Waals surface area contributed by atoms with Gasteiger partial charge in [-0.1, -0.05) is 0 Å². The summed E-state index contributed by atoms with van der Waals surface area (Å²) in [5.41, 5.74) is -0.318. The third-order valence-electron chi connectivity index (χ3n) is 4.57. The van der Waals surface area contributed by atoms with Gasteiger partial charge < -0.3 is 9.67 Å². The van der Waals surface area contributed by atoms with Crippen LogP contribution in [0.5, 0.6) is 0 Å². The number of nitrogens with zero attached hydrogens (tertiary/aromatic N) is 3. The number of aromatic carboxylic acids is 1. The number of halogens is 1. The lowest BCUT2D eigenvalue weighted by molar-refractivity contribution is 0.0702. The predicted molar refractivity (Wildman–Crippen MR) is 90.9 cm³/mol. The highest BCUT2D eigenvalue weighted by atomic mass is 35.5. The van der Waals surface area contributed by atoms with E-state index in [0.717, 1.165) is 16.5 Å². The fourth-order valence-electron chi connectivity index (χ4n) is 2.94. The summed E-state index contributed by atoms with van der Waals surface area (Å²) in [5, 5.41) is 18.1. The molecule has 0 unspecified atom stereocenters. The third kappa shape index (κ3) is 2.78. The Hall–Kier alpha value is -1.40. The molecule has 5 nitrogen and oxygen atoms in total. The minimum absolute atomic E-state index is 0. The molecule has 4 rings (SSSR count). The standard InChI is InChI=1S/C16H19N3O2S.ClH/c1-16(2,12-8-7-11(22-12)14(20)21)15-18-17-13(9-3-4-9)19(15)10-5-6-10;/h7-10H,3-6H2,1-2H3,(H,20,21);1H. The maximum Gasteiger partial charge on any atom is 0.345 e. The maximum atomic E-state index is 11.1. The lowest BCUT2D eigenvalue weighted by Crippen LogP contribution is -2.23. The number of carboxylic acid groups (broad SMARTS) is 1. The molecular formula is C16H20ClN3O2S. The van der Waals surface area contributed by atoms with E-state index in [2.05, 4.69) is 28.6 Å². The average molecular weight is 354 g/mol. The van der Waals surface area contributed by atoms with Crippen molar-refractivity contribution in [2.45, 2.75) is 56.9 Å². The minimum atomic E-state index is -0.866. The number of aromatic nitrogens is 3. The van der Waals surface area contributed by atoms with Crippen LogP contribution in [-0.2, 0) is 5.41 Å². The Bertz CT molecular complexity index is 744. The maximum absolute atomic E-state index is 11.1. The van der Waals surface area contributed by atoms with Gasteiger partial charge >= 0.3 is 5.97 Å². The Kier molecular flexibility index (Phi) is 4.01. The molecule has 0 aromatic carbocycles. The van der Waals surface area contributed by atoms with Crippen LogP contribution in [0.3, 0.4) is 0 Å². The first-order valence-corrected chi connectivity index (χ1v) is 8.59. The van der Waals surface area contributed by atoms with Crippen LogP contribution in [0.4, 0.5) is 0 Å². The molecule has 0 aliphatic heterocycles. The van der Waals surface area contributed by atoms with Gasteiger partial charge in [-0.15, -0.1) is 33.9 Å². The molecule has 2 saturated carbocycles. The minimum Gasteiger partial charge on any atom is -0.477 e. The Morgan fingerprint density at radius 3 is 2.48 bits per heavy atom. The summed E-state index contributed by atoms with van der Waals surface area (Å²) >= 11 is 1.34. The largest absolute Gasteiger partial charge is 0.477 e. The normalized spacial score (nSPS) is 17.8. The van der Waals surface area contributed by atoms with Crippen molar-refractivity contribution < 1.29 is 9.90 Å². The summed E-state index contributed by atoms with van der Waals surface area (Å²) in [4.78, 5) is 12.5. The third-order valence-corrected chi connectivity index (χ3v) is 5.97. The number of hydrogen-bond donors (Lipinski definition) is 1. The number of thiophene rings is 1. The molecule has 0 bridgehead atoms. The first-order valence-electron chi connectivity index (χ1n) is 7.77. The van der Waals surface area contributed by atoms with E-state index in [-0.39, 0.29) is 17.8 Å². The van der Waals surface area contributed by atoms with Crippen molar-refractivity contribution in [2.75, 3.05) is 0 Å². The van der Waals surface area contributed by atoms with Crippen LogP contribution < -0.4 is 0 Å². The van der Waals surface area contributed by atoms with Crippen molar-refractivity contribution in [3.63, 3.8) is 0 Å². The van der Waals surface area contributed by atoms with Crippen molar-refractivity contribution in [2.24, 2.45) is 0 Å². The molecule has 1 N–H and O–H groups in total. The first kappa shape index (κ1) is 16.5. The van der Waals surface area contributed by atoms with Gasteiger partial charge in [0.05, 0.1) is 5.41 Å². The van der Waals surface area contributed by atoms with Crippen LogP contribution in [-0.4, -0.2) is 25.8 Å². The van der Waals surface area contributed by atoms with E-state index >= 15 is 0 Å². The molecule has 2 fully saturated rings. The lowest BCUT2D eigenvalue weighted by atomic mass is 9.90. The van der Waals surface area contributed by atoms with Gasteiger partial charge in [0.2, 0.25) is 0 Å². The van der Waals surface area contributed by atoms with Crippen LogP contribution in [0.25, 0.3) is 0 Å². The highest BCUT2D eigenvalue weighted by molar-refractivity contribution is 7.14. The fourth-order valence-corrected chi connectivity index (χ4v) is 3.88. The molecule has 0 amide bonds. The summed E-state index contributed by atoms with van der Waals surface area (Å²) in [6.45, 7) is 4.23. The topological polar surface area (TPSA) is 68.0 Å². The first-order chi connectivity index (χ1) is 10.5. The van der Waals surface area contributed by atoms with Crippen molar-refractivity contribution in [3.8, 4) is 0 Å². The molecule has 23 heavy (non-hydrogen) atoms. The molecule has 2 aliphatic rings. The summed E-state index contributed by atoms with van der Waals surface area (Å²) in [6, 6.07) is 4.14. The van der Waals surface area contributed by atoms with Crippen LogP contribution in [0.2, 0.25) is 0 Å².